The van der Waals surface area contributed by atoms with Gasteiger partial charge in [-0.3, -0.25) is 4.98 Å². The molecule has 0 bridgehead atoms. The normalized spacial score (nSPS) is 13.9. The van der Waals surface area contributed by atoms with E-state index in [0.29, 0.717) is 35.9 Å². The molecule has 37 heavy (non-hydrogen) atoms. The zero-order valence-corrected chi connectivity index (χ0v) is 19.5. The number of fused-ring (bicyclic) bond motifs is 1. The molecule has 11 heteroatoms. The van der Waals surface area contributed by atoms with Crippen LogP contribution in [0.25, 0.3) is 11.0 Å². The van der Waals surface area contributed by atoms with Crippen LogP contribution in [0.5, 0.6) is 11.5 Å². The smallest absolute Gasteiger partial charge is 0.416 e. The number of carbonyl (C=O) groups excluding carboxylic acids is 1. The van der Waals surface area contributed by atoms with E-state index in [1.165, 1.54) is 12.1 Å². The minimum absolute atomic E-state index is 0.0217. The second-order valence-corrected chi connectivity index (χ2v) is 8.27. The van der Waals surface area contributed by atoms with Crippen LogP contribution in [0.2, 0.25) is 0 Å². The fraction of sp³-hybridized carbons (Fsp3) is 0.192. The quantitative estimate of drug-likeness (QED) is 0.347. The largest absolute Gasteiger partial charge is 0.457 e. The van der Waals surface area contributed by atoms with Gasteiger partial charge in [-0.2, -0.15) is 13.2 Å². The van der Waals surface area contributed by atoms with E-state index in [-0.39, 0.29) is 5.69 Å². The standard InChI is InChI=1S/C26H22F3N5O3/c27-26(28,29)17-3-1-4-18(13-17)31-25(35)32-19-5-2-6-20(14-19)37-21-7-8-22-23(15-21)33-24(16-30-22)34-9-11-36-12-10-34/h1-8,13-16H,9-12H2,(H2,31,32,35). The highest BCUT2D eigenvalue weighted by molar-refractivity contribution is 5.99. The van der Waals surface area contributed by atoms with Gasteiger partial charge in [-0.1, -0.05) is 12.1 Å². The van der Waals surface area contributed by atoms with Crippen molar-refractivity contribution in [3.05, 3.63) is 78.5 Å². The van der Waals surface area contributed by atoms with Crippen LogP contribution in [0.15, 0.2) is 72.9 Å². The third-order valence-electron chi connectivity index (χ3n) is 5.61. The number of rotatable bonds is 5. The summed E-state index contributed by atoms with van der Waals surface area (Å²) in [6.07, 6.45) is -2.76. The van der Waals surface area contributed by atoms with Crippen LogP contribution in [0.1, 0.15) is 5.56 Å². The molecule has 1 fully saturated rings. The molecule has 2 amide bonds. The van der Waals surface area contributed by atoms with Crippen molar-refractivity contribution in [3.8, 4) is 11.5 Å². The summed E-state index contributed by atoms with van der Waals surface area (Å²) in [5.74, 6) is 1.76. The number of carbonyl (C=O) groups is 1. The van der Waals surface area contributed by atoms with Gasteiger partial charge in [0.1, 0.15) is 17.3 Å². The summed E-state index contributed by atoms with van der Waals surface area (Å²) in [5, 5.41) is 5.01. The van der Waals surface area contributed by atoms with Crippen molar-refractivity contribution in [2.75, 3.05) is 41.8 Å². The number of urea groups is 1. The van der Waals surface area contributed by atoms with Crippen molar-refractivity contribution in [2.45, 2.75) is 6.18 Å². The lowest BCUT2D eigenvalue weighted by atomic mass is 10.2. The first-order chi connectivity index (χ1) is 17.8. The highest BCUT2D eigenvalue weighted by Gasteiger charge is 2.30. The van der Waals surface area contributed by atoms with E-state index < -0.39 is 17.8 Å². The molecule has 190 valence electrons. The van der Waals surface area contributed by atoms with Crippen LogP contribution in [-0.4, -0.2) is 42.3 Å². The summed E-state index contributed by atoms with van der Waals surface area (Å²) in [7, 11) is 0. The lowest BCUT2D eigenvalue weighted by Crippen LogP contribution is -2.36. The Labute approximate surface area is 210 Å². The van der Waals surface area contributed by atoms with E-state index in [4.69, 9.17) is 14.5 Å². The number of nitrogens with zero attached hydrogens (tertiary/aromatic N) is 3. The molecule has 1 aliphatic rings. The third-order valence-corrected chi connectivity index (χ3v) is 5.61. The number of hydrogen-bond acceptors (Lipinski definition) is 6. The van der Waals surface area contributed by atoms with E-state index in [2.05, 4.69) is 20.5 Å². The molecule has 4 aromatic rings. The zero-order valence-electron chi connectivity index (χ0n) is 19.5. The van der Waals surface area contributed by atoms with Gasteiger partial charge in [0.05, 0.1) is 36.0 Å². The van der Waals surface area contributed by atoms with Gasteiger partial charge in [0, 0.05) is 36.6 Å². The molecule has 2 heterocycles. The van der Waals surface area contributed by atoms with E-state index in [1.54, 1.807) is 42.6 Å². The van der Waals surface area contributed by atoms with Crippen molar-refractivity contribution in [2.24, 2.45) is 0 Å². The predicted octanol–water partition coefficient (Wildman–Crippen LogP) is 5.92. The minimum Gasteiger partial charge on any atom is -0.457 e. The average molecular weight is 509 g/mol. The topological polar surface area (TPSA) is 88.6 Å². The molecule has 3 aromatic carbocycles. The van der Waals surface area contributed by atoms with Gasteiger partial charge in [0.15, 0.2) is 0 Å². The number of amides is 2. The highest BCUT2D eigenvalue weighted by Crippen LogP contribution is 2.31. The maximum Gasteiger partial charge on any atom is 0.416 e. The Kier molecular flexibility index (Phi) is 6.78. The maximum atomic E-state index is 12.9. The molecule has 0 aliphatic carbocycles. The van der Waals surface area contributed by atoms with Gasteiger partial charge in [-0.25, -0.2) is 9.78 Å². The lowest BCUT2D eigenvalue weighted by molar-refractivity contribution is -0.137. The van der Waals surface area contributed by atoms with Crippen LogP contribution >= 0.6 is 0 Å². The highest BCUT2D eigenvalue weighted by atomic mass is 19.4. The van der Waals surface area contributed by atoms with Gasteiger partial charge in [0.2, 0.25) is 0 Å². The fourth-order valence-electron chi connectivity index (χ4n) is 3.83. The minimum atomic E-state index is -4.50. The number of alkyl halides is 3. The summed E-state index contributed by atoms with van der Waals surface area (Å²) >= 11 is 0. The van der Waals surface area contributed by atoms with Gasteiger partial charge in [-0.15, -0.1) is 0 Å². The van der Waals surface area contributed by atoms with Gasteiger partial charge in [-0.05, 0) is 42.5 Å². The Morgan fingerprint density at radius 1 is 0.892 bits per heavy atom. The second kappa shape index (κ2) is 10.3. The number of anilines is 3. The molecule has 2 N–H and O–H groups in total. The van der Waals surface area contributed by atoms with Crippen LogP contribution in [0, 0.1) is 0 Å². The van der Waals surface area contributed by atoms with Crippen LogP contribution in [0.3, 0.4) is 0 Å². The molecule has 5 rings (SSSR count). The van der Waals surface area contributed by atoms with Crippen LogP contribution in [-0.2, 0) is 10.9 Å². The molecule has 1 saturated heterocycles. The number of ether oxygens (including phenoxy) is 2. The maximum absolute atomic E-state index is 12.9. The molecule has 1 aromatic heterocycles. The van der Waals surface area contributed by atoms with Gasteiger partial charge < -0.3 is 25.0 Å². The Hall–Kier alpha value is -4.38. The number of aromatic nitrogens is 2. The second-order valence-electron chi connectivity index (χ2n) is 8.27. The van der Waals surface area contributed by atoms with E-state index >= 15 is 0 Å². The van der Waals surface area contributed by atoms with Crippen molar-refractivity contribution in [1.29, 1.82) is 0 Å². The molecular weight excluding hydrogens is 487 g/mol. The van der Waals surface area contributed by atoms with Gasteiger partial charge >= 0.3 is 12.2 Å². The predicted molar refractivity (Wildman–Crippen MR) is 133 cm³/mol. The summed E-state index contributed by atoms with van der Waals surface area (Å²) < 4.78 is 50.1. The summed E-state index contributed by atoms with van der Waals surface area (Å²) in [6.45, 7) is 2.78. The number of hydrogen-bond donors (Lipinski definition) is 2. The Bertz CT molecular complexity index is 1420. The third kappa shape index (κ3) is 6.07. The zero-order chi connectivity index (χ0) is 25.8. The summed E-state index contributed by atoms with van der Waals surface area (Å²) in [6, 6.07) is 15.7. The fourth-order valence-corrected chi connectivity index (χ4v) is 3.83. The molecule has 0 saturated carbocycles. The first-order valence-corrected chi connectivity index (χ1v) is 11.5. The Morgan fingerprint density at radius 3 is 2.35 bits per heavy atom. The number of nitrogens with one attached hydrogen (secondary N) is 2. The van der Waals surface area contributed by atoms with E-state index in [1.807, 2.05) is 6.07 Å². The number of morpholine rings is 1. The average Bonchev–Trinajstić information content (AvgIpc) is 2.88. The van der Waals surface area contributed by atoms with Crippen molar-refractivity contribution < 1.29 is 27.4 Å². The van der Waals surface area contributed by atoms with E-state index in [0.717, 1.165) is 36.6 Å². The molecule has 8 nitrogen and oxygen atoms in total. The molecule has 0 unspecified atom stereocenters. The molecule has 0 spiro atoms. The van der Waals surface area contributed by atoms with Gasteiger partial charge in [0.25, 0.3) is 0 Å². The SMILES string of the molecule is O=C(Nc1cccc(Oc2ccc3ncc(N4CCOCC4)nc3c2)c1)Nc1cccc(C(F)(F)F)c1. The first kappa shape index (κ1) is 24.3. The molecule has 1 aliphatic heterocycles. The lowest BCUT2D eigenvalue weighted by Gasteiger charge is -2.27. The summed E-state index contributed by atoms with van der Waals surface area (Å²) in [4.78, 5) is 23.7. The summed E-state index contributed by atoms with van der Waals surface area (Å²) in [5.41, 5.74) is 0.978. The van der Waals surface area contributed by atoms with Crippen molar-refractivity contribution >= 4 is 34.3 Å². The van der Waals surface area contributed by atoms with Crippen molar-refractivity contribution in [1.82, 2.24) is 9.97 Å². The van der Waals surface area contributed by atoms with Crippen LogP contribution < -0.4 is 20.3 Å². The Morgan fingerprint density at radius 2 is 1.59 bits per heavy atom. The van der Waals surface area contributed by atoms with Crippen LogP contribution in [0.4, 0.5) is 35.2 Å². The first-order valence-electron chi connectivity index (χ1n) is 11.5. The van der Waals surface area contributed by atoms with E-state index in [9.17, 15) is 18.0 Å². The molecular formula is C26H22F3N5O3. The Balaban J connectivity index is 1.26. The molecule has 0 radical (unpaired) electrons. The number of benzene rings is 3. The molecule has 0 atom stereocenters. The number of halogens is 3. The monoisotopic (exact) mass is 509 g/mol. The van der Waals surface area contributed by atoms with Crippen molar-refractivity contribution in [3.63, 3.8) is 0 Å².